The van der Waals surface area contributed by atoms with Crippen LogP contribution in [0.1, 0.15) is 10.4 Å². The second-order valence-corrected chi connectivity index (χ2v) is 6.52. The number of esters is 1. The Hall–Kier alpha value is -2.92. The summed E-state index contributed by atoms with van der Waals surface area (Å²) in [5, 5.41) is 2.04. The van der Waals surface area contributed by atoms with Crippen LogP contribution in [0.4, 0.5) is 16.6 Å². The molecule has 2 rings (SSSR count). The molecule has 25 heavy (non-hydrogen) atoms. The van der Waals surface area contributed by atoms with Crippen LogP contribution in [0.2, 0.25) is 5.15 Å². The summed E-state index contributed by atoms with van der Waals surface area (Å²) in [6.45, 7) is 0. The normalized spacial score (nSPS) is 10.8. The molecule has 1 heterocycles. The maximum atomic E-state index is 12.3. The lowest BCUT2D eigenvalue weighted by Crippen LogP contribution is -2.35. The van der Waals surface area contributed by atoms with Gasteiger partial charge in [-0.1, -0.05) is 23.7 Å². The topological polar surface area (TPSA) is 153 Å². The molecule has 0 radical (unpaired) electrons. The molecule has 0 atom stereocenters. The summed E-state index contributed by atoms with van der Waals surface area (Å²) in [6.07, 6.45) is 0. The standard InChI is InChI=1S/C13H12ClN5O5S/c1-24-11(20)7-4-2-3-5-8(7)25(22,23)19-13(21)18-12-16-9(14)6-10(15)17-12/h2-6H,1H3,(H4,15,16,17,18,19,21). The van der Waals surface area contributed by atoms with Crippen LogP contribution in [0.15, 0.2) is 35.2 Å². The molecule has 4 N–H and O–H groups in total. The van der Waals surface area contributed by atoms with Gasteiger partial charge in [-0.15, -0.1) is 0 Å². The van der Waals surface area contributed by atoms with E-state index in [0.29, 0.717) is 0 Å². The van der Waals surface area contributed by atoms with E-state index in [2.05, 4.69) is 20.0 Å². The van der Waals surface area contributed by atoms with Gasteiger partial charge in [0.05, 0.1) is 12.7 Å². The van der Waals surface area contributed by atoms with E-state index in [4.69, 9.17) is 17.3 Å². The smallest absolute Gasteiger partial charge is 0.339 e. The number of rotatable bonds is 4. The molecule has 2 aromatic rings. The minimum atomic E-state index is -4.37. The number of anilines is 2. The van der Waals surface area contributed by atoms with Gasteiger partial charge in [-0.25, -0.2) is 27.7 Å². The molecule has 0 fully saturated rings. The van der Waals surface area contributed by atoms with Crippen molar-refractivity contribution in [1.82, 2.24) is 14.7 Å². The molecule has 0 aliphatic rings. The van der Waals surface area contributed by atoms with Gasteiger partial charge in [-0.2, -0.15) is 4.98 Å². The molecule has 0 aliphatic heterocycles. The van der Waals surface area contributed by atoms with Gasteiger partial charge in [0, 0.05) is 6.07 Å². The lowest BCUT2D eigenvalue weighted by atomic mass is 10.2. The number of methoxy groups -OCH3 is 1. The first-order valence-corrected chi connectivity index (χ1v) is 8.40. The Morgan fingerprint density at radius 1 is 1.24 bits per heavy atom. The number of nitrogen functional groups attached to an aromatic ring is 1. The fraction of sp³-hybridized carbons (Fsp3) is 0.0769. The molecule has 10 nitrogen and oxygen atoms in total. The maximum Gasteiger partial charge on any atom is 0.339 e. The number of halogens is 1. The van der Waals surface area contributed by atoms with Gasteiger partial charge < -0.3 is 10.5 Å². The molecule has 132 valence electrons. The zero-order valence-electron chi connectivity index (χ0n) is 12.7. The van der Waals surface area contributed by atoms with Gasteiger partial charge in [0.15, 0.2) is 0 Å². The van der Waals surface area contributed by atoms with E-state index < -0.39 is 26.9 Å². The molecule has 1 aromatic heterocycles. The lowest BCUT2D eigenvalue weighted by molar-refractivity contribution is 0.0596. The summed E-state index contributed by atoms with van der Waals surface area (Å²) in [5.41, 5.74) is 5.22. The van der Waals surface area contributed by atoms with E-state index in [0.717, 1.165) is 13.2 Å². The van der Waals surface area contributed by atoms with Gasteiger partial charge >= 0.3 is 12.0 Å². The number of hydrogen-bond acceptors (Lipinski definition) is 8. The lowest BCUT2D eigenvalue weighted by Gasteiger charge is -2.10. The molecule has 0 bridgehead atoms. The number of urea groups is 1. The van der Waals surface area contributed by atoms with Crippen molar-refractivity contribution >= 4 is 45.4 Å². The third-order valence-corrected chi connectivity index (χ3v) is 4.33. The number of benzene rings is 1. The molecule has 12 heteroatoms. The molecule has 1 aromatic carbocycles. The fourth-order valence-corrected chi connectivity index (χ4v) is 3.07. The predicted molar refractivity (Wildman–Crippen MR) is 88.6 cm³/mol. The van der Waals surface area contributed by atoms with Crippen LogP contribution in [0.5, 0.6) is 0 Å². The highest BCUT2D eigenvalue weighted by Crippen LogP contribution is 2.17. The summed E-state index contributed by atoms with van der Waals surface area (Å²) in [5.74, 6) is -1.18. The van der Waals surface area contributed by atoms with Crippen molar-refractivity contribution in [3.63, 3.8) is 0 Å². The van der Waals surface area contributed by atoms with Gasteiger partial charge in [0.25, 0.3) is 10.0 Å². The third-order valence-electron chi connectivity index (χ3n) is 2.75. The maximum absolute atomic E-state index is 12.3. The first-order valence-electron chi connectivity index (χ1n) is 6.54. The zero-order chi connectivity index (χ0) is 18.6. The molecule has 0 spiro atoms. The van der Waals surface area contributed by atoms with Crippen molar-refractivity contribution in [1.29, 1.82) is 0 Å². The van der Waals surface area contributed by atoms with Crippen LogP contribution in [0.3, 0.4) is 0 Å². The zero-order valence-corrected chi connectivity index (χ0v) is 14.3. The Balaban J connectivity index is 2.24. The largest absolute Gasteiger partial charge is 0.465 e. The highest BCUT2D eigenvalue weighted by molar-refractivity contribution is 7.90. The van der Waals surface area contributed by atoms with Crippen molar-refractivity contribution in [2.24, 2.45) is 0 Å². The summed E-state index contributed by atoms with van der Waals surface area (Å²) < 4.78 is 30.9. The second kappa shape index (κ2) is 7.32. The van der Waals surface area contributed by atoms with E-state index in [9.17, 15) is 18.0 Å². The summed E-state index contributed by atoms with van der Waals surface area (Å²) >= 11 is 5.66. The van der Waals surface area contributed by atoms with Crippen molar-refractivity contribution < 1.29 is 22.7 Å². The number of amides is 2. The van der Waals surface area contributed by atoms with Crippen LogP contribution < -0.4 is 15.8 Å². The summed E-state index contributed by atoms with van der Waals surface area (Å²) in [7, 11) is -3.26. The predicted octanol–water partition coefficient (Wildman–Crippen LogP) is 1.01. The average molecular weight is 386 g/mol. The molecule has 0 saturated heterocycles. The first-order chi connectivity index (χ1) is 11.7. The fourth-order valence-electron chi connectivity index (χ4n) is 1.77. The summed E-state index contributed by atoms with van der Waals surface area (Å²) in [6, 6.07) is 5.32. The minimum Gasteiger partial charge on any atom is -0.465 e. The number of nitrogens with zero attached hydrogens (tertiary/aromatic N) is 2. The van der Waals surface area contributed by atoms with E-state index in [-0.39, 0.29) is 22.5 Å². The van der Waals surface area contributed by atoms with Gasteiger partial charge in [-0.3, -0.25) is 5.32 Å². The summed E-state index contributed by atoms with van der Waals surface area (Å²) in [4.78, 5) is 30.5. The Kier molecular flexibility index (Phi) is 5.39. The highest BCUT2D eigenvalue weighted by Gasteiger charge is 2.24. The van der Waals surface area contributed by atoms with Gasteiger partial charge in [0.1, 0.15) is 15.9 Å². The van der Waals surface area contributed by atoms with Crippen molar-refractivity contribution in [3.8, 4) is 0 Å². The number of carbonyl (C=O) groups excluding carboxylic acids is 2. The Morgan fingerprint density at radius 2 is 1.92 bits per heavy atom. The Labute approximate surface area is 147 Å². The number of ether oxygens (including phenoxy) is 1. The number of nitrogens with two attached hydrogens (primary N) is 1. The van der Waals surface area contributed by atoms with Crippen molar-refractivity contribution in [2.75, 3.05) is 18.2 Å². The van der Waals surface area contributed by atoms with Crippen LogP contribution in [-0.4, -0.2) is 37.5 Å². The van der Waals surface area contributed by atoms with E-state index >= 15 is 0 Å². The Bertz CT molecular complexity index is 914. The second-order valence-electron chi connectivity index (χ2n) is 4.49. The average Bonchev–Trinajstić information content (AvgIpc) is 2.52. The molecular weight excluding hydrogens is 374 g/mol. The number of hydrogen-bond donors (Lipinski definition) is 3. The molecule has 0 saturated carbocycles. The number of nitrogens with one attached hydrogen (secondary N) is 2. The van der Waals surface area contributed by atoms with Gasteiger partial charge in [-0.05, 0) is 12.1 Å². The highest BCUT2D eigenvalue weighted by atomic mass is 35.5. The van der Waals surface area contributed by atoms with E-state index in [1.165, 1.54) is 24.3 Å². The van der Waals surface area contributed by atoms with Crippen molar-refractivity contribution in [2.45, 2.75) is 4.90 Å². The monoisotopic (exact) mass is 385 g/mol. The minimum absolute atomic E-state index is 0.0193. The molecule has 0 unspecified atom stereocenters. The SMILES string of the molecule is COC(=O)c1ccccc1S(=O)(=O)NC(=O)Nc1nc(N)cc(Cl)n1. The van der Waals surface area contributed by atoms with E-state index in [1.54, 1.807) is 4.72 Å². The number of aromatic nitrogens is 2. The van der Waals surface area contributed by atoms with Crippen molar-refractivity contribution in [3.05, 3.63) is 41.0 Å². The molecule has 0 aliphatic carbocycles. The van der Waals surface area contributed by atoms with E-state index in [1.807, 2.05) is 0 Å². The molecule has 2 amide bonds. The van der Waals surface area contributed by atoms with Crippen LogP contribution in [-0.2, 0) is 14.8 Å². The van der Waals surface area contributed by atoms with Crippen LogP contribution in [0.25, 0.3) is 0 Å². The van der Waals surface area contributed by atoms with Crippen LogP contribution >= 0.6 is 11.6 Å². The third kappa shape index (κ3) is 4.55. The Morgan fingerprint density at radius 3 is 2.56 bits per heavy atom. The quantitative estimate of drug-likeness (QED) is 0.520. The number of carbonyl (C=O) groups is 2. The van der Waals surface area contributed by atoms with Gasteiger partial charge in [0.2, 0.25) is 5.95 Å². The number of sulfonamides is 1. The first kappa shape index (κ1) is 18.4. The molecular formula is C13H12ClN5O5S. The van der Waals surface area contributed by atoms with Crippen LogP contribution in [0, 0.1) is 0 Å².